The minimum atomic E-state index is -4.16. The van der Waals surface area contributed by atoms with Gasteiger partial charge in [0, 0.05) is 16.5 Å². The molecule has 0 amide bonds. The molecule has 5 nitrogen and oxygen atoms in total. The van der Waals surface area contributed by atoms with Crippen molar-refractivity contribution >= 4 is 27.0 Å². The predicted molar refractivity (Wildman–Crippen MR) is 117 cm³/mol. The summed E-state index contributed by atoms with van der Waals surface area (Å²) >= 11 is 1.24. The fraction of sp³-hybridized carbons (Fsp3) is 0.0455. The molecule has 3 aromatic carbocycles. The molecule has 1 N–H and O–H groups in total. The second-order valence-corrected chi connectivity index (χ2v) is 8.97. The van der Waals surface area contributed by atoms with Gasteiger partial charge in [-0.1, -0.05) is 30.3 Å². The number of para-hydroxylation sites is 1. The number of rotatable bonds is 6. The number of hydrogen-bond acceptors (Lipinski definition) is 5. The number of anilines is 1. The van der Waals surface area contributed by atoms with Crippen LogP contribution in [0.1, 0.15) is 0 Å². The third-order valence-electron chi connectivity index (χ3n) is 4.47. The highest BCUT2D eigenvalue weighted by Crippen LogP contribution is 2.35. The van der Waals surface area contributed by atoms with Crippen LogP contribution in [-0.2, 0) is 10.0 Å². The summed E-state index contributed by atoms with van der Waals surface area (Å²) in [7, 11) is -2.86. The molecule has 0 aliphatic carbocycles. The first kappa shape index (κ1) is 21.0. The van der Waals surface area contributed by atoms with Crippen molar-refractivity contribution in [2.45, 2.75) is 4.90 Å². The van der Waals surface area contributed by atoms with Gasteiger partial charge in [0.25, 0.3) is 10.0 Å². The lowest BCUT2D eigenvalue weighted by molar-refractivity contribution is 0.401. The smallest absolute Gasteiger partial charge is 0.265 e. The minimum absolute atomic E-state index is 0.0156. The number of aromatic nitrogens is 1. The van der Waals surface area contributed by atoms with E-state index in [1.54, 1.807) is 47.8 Å². The zero-order valence-electron chi connectivity index (χ0n) is 16.2. The van der Waals surface area contributed by atoms with Crippen molar-refractivity contribution in [2.24, 2.45) is 0 Å². The zero-order chi connectivity index (χ0) is 22.0. The zero-order valence-corrected chi connectivity index (χ0v) is 17.8. The SMILES string of the molecule is COc1ccc(F)cc1S(=O)(=O)Nc1ccccc1-c1csc(-c2ccccc2F)n1. The van der Waals surface area contributed by atoms with E-state index >= 15 is 0 Å². The monoisotopic (exact) mass is 458 g/mol. The summed E-state index contributed by atoms with van der Waals surface area (Å²) in [6, 6.07) is 16.2. The van der Waals surface area contributed by atoms with Crippen LogP contribution in [0, 0.1) is 11.6 Å². The van der Waals surface area contributed by atoms with Crippen LogP contribution in [0.3, 0.4) is 0 Å². The maximum absolute atomic E-state index is 14.1. The van der Waals surface area contributed by atoms with Gasteiger partial charge in [-0.05, 0) is 36.4 Å². The van der Waals surface area contributed by atoms with E-state index in [-0.39, 0.29) is 16.3 Å². The summed E-state index contributed by atoms with van der Waals surface area (Å²) in [4.78, 5) is 4.16. The Kier molecular flexibility index (Phi) is 5.71. The molecular formula is C22H16F2N2O3S2. The average molecular weight is 459 g/mol. The van der Waals surface area contributed by atoms with E-state index in [0.29, 0.717) is 21.8 Å². The minimum Gasteiger partial charge on any atom is -0.495 e. The number of ether oxygens (including phenoxy) is 1. The number of methoxy groups -OCH3 is 1. The quantitative estimate of drug-likeness (QED) is 0.411. The molecule has 31 heavy (non-hydrogen) atoms. The Labute approximate surface area is 182 Å². The Bertz CT molecular complexity index is 1350. The van der Waals surface area contributed by atoms with Gasteiger partial charge in [-0.25, -0.2) is 22.2 Å². The van der Waals surface area contributed by atoms with E-state index < -0.39 is 21.7 Å². The summed E-state index contributed by atoms with van der Waals surface area (Å²) in [6.07, 6.45) is 0. The second kappa shape index (κ2) is 8.44. The second-order valence-electron chi connectivity index (χ2n) is 6.46. The first-order chi connectivity index (χ1) is 14.9. The van der Waals surface area contributed by atoms with Crippen molar-refractivity contribution in [3.8, 4) is 27.6 Å². The van der Waals surface area contributed by atoms with Crippen LogP contribution in [0.15, 0.2) is 77.0 Å². The molecule has 0 radical (unpaired) electrons. The van der Waals surface area contributed by atoms with Crippen LogP contribution in [0.25, 0.3) is 21.8 Å². The molecular weight excluding hydrogens is 442 g/mol. The highest BCUT2D eigenvalue weighted by molar-refractivity contribution is 7.92. The summed E-state index contributed by atoms with van der Waals surface area (Å²) in [5.41, 5.74) is 1.59. The van der Waals surface area contributed by atoms with Crippen molar-refractivity contribution in [2.75, 3.05) is 11.8 Å². The molecule has 0 saturated heterocycles. The van der Waals surface area contributed by atoms with E-state index in [4.69, 9.17) is 4.74 Å². The van der Waals surface area contributed by atoms with Gasteiger partial charge in [0.2, 0.25) is 0 Å². The molecule has 0 aliphatic rings. The third-order valence-corrected chi connectivity index (χ3v) is 6.73. The van der Waals surface area contributed by atoms with Gasteiger partial charge in [0.15, 0.2) is 0 Å². The van der Waals surface area contributed by atoms with E-state index in [9.17, 15) is 17.2 Å². The summed E-state index contributed by atoms with van der Waals surface area (Å²) in [6.45, 7) is 0. The number of halogens is 2. The van der Waals surface area contributed by atoms with Crippen LogP contribution in [-0.4, -0.2) is 20.5 Å². The average Bonchev–Trinajstić information content (AvgIpc) is 3.24. The molecule has 0 fully saturated rings. The van der Waals surface area contributed by atoms with Gasteiger partial charge >= 0.3 is 0 Å². The highest BCUT2D eigenvalue weighted by Gasteiger charge is 2.22. The number of sulfonamides is 1. The van der Waals surface area contributed by atoms with Crippen LogP contribution in [0.4, 0.5) is 14.5 Å². The fourth-order valence-electron chi connectivity index (χ4n) is 3.01. The van der Waals surface area contributed by atoms with Gasteiger partial charge in [0.05, 0.1) is 18.5 Å². The molecule has 0 bridgehead atoms. The normalized spacial score (nSPS) is 11.3. The van der Waals surface area contributed by atoms with Crippen molar-refractivity contribution in [3.63, 3.8) is 0 Å². The van der Waals surface area contributed by atoms with Crippen molar-refractivity contribution in [1.82, 2.24) is 4.98 Å². The maximum Gasteiger partial charge on any atom is 0.265 e. The topological polar surface area (TPSA) is 68.3 Å². The third kappa shape index (κ3) is 4.28. The van der Waals surface area contributed by atoms with Gasteiger partial charge < -0.3 is 4.74 Å². The molecule has 158 valence electrons. The molecule has 1 heterocycles. The molecule has 4 rings (SSSR count). The lowest BCUT2D eigenvalue weighted by atomic mass is 10.1. The number of thiazole rings is 1. The number of nitrogens with one attached hydrogen (secondary N) is 1. The molecule has 0 unspecified atom stereocenters. The predicted octanol–water partition coefficient (Wildman–Crippen LogP) is 5.56. The molecule has 1 aromatic heterocycles. The van der Waals surface area contributed by atoms with Gasteiger partial charge in [-0.2, -0.15) is 0 Å². The van der Waals surface area contributed by atoms with Crippen molar-refractivity contribution in [1.29, 1.82) is 0 Å². The molecule has 9 heteroatoms. The standard InChI is InChI=1S/C22H16F2N2O3S2/c1-29-20-11-10-14(23)12-21(20)31(27,28)26-18-9-5-3-7-16(18)19-13-30-22(25-19)15-6-2-4-8-17(15)24/h2-13,26H,1H3. The highest BCUT2D eigenvalue weighted by atomic mass is 32.2. The summed E-state index contributed by atoms with van der Waals surface area (Å²) < 4.78 is 61.3. The van der Waals surface area contributed by atoms with E-state index in [1.807, 2.05) is 0 Å². The fourth-order valence-corrected chi connectivity index (χ4v) is 5.12. The summed E-state index contributed by atoms with van der Waals surface area (Å²) in [5.74, 6) is -1.08. The first-order valence-electron chi connectivity index (χ1n) is 9.05. The number of hydrogen-bond donors (Lipinski definition) is 1. The molecule has 0 spiro atoms. The van der Waals surface area contributed by atoms with E-state index in [2.05, 4.69) is 9.71 Å². The Morgan fingerprint density at radius 1 is 0.968 bits per heavy atom. The number of benzene rings is 3. The lowest BCUT2D eigenvalue weighted by Crippen LogP contribution is -2.15. The Balaban J connectivity index is 1.73. The van der Waals surface area contributed by atoms with Crippen LogP contribution < -0.4 is 9.46 Å². The van der Waals surface area contributed by atoms with E-state index in [1.165, 1.54) is 30.6 Å². The summed E-state index contributed by atoms with van der Waals surface area (Å²) in [5, 5.41) is 2.19. The lowest BCUT2D eigenvalue weighted by Gasteiger charge is -2.14. The van der Waals surface area contributed by atoms with Gasteiger partial charge in [0.1, 0.15) is 27.3 Å². The Morgan fingerprint density at radius 2 is 1.68 bits per heavy atom. The largest absolute Gasteiger partial charge is 0.495 e. The van der Waals surface area contributed by atoms with Crippen LogP contribution in [0.2, 0.25) is 0 Å². The Hall–Kier alpha value is -3.30. The van der Waals surface area contributed by atoms with Crippen molar-refractivity contribution in [3.05, 3.63) is 83.7 Å². The van der Waals surface area contributed by atoms with Crippen molar-refractivity contribution < 1.29 is 21.9 Å². The van der Waals surface area contributed by atoms with Gasteiger partial charge in [-0.3, -0.25) is 4.72 Å². The molecule has 4 aromatic rings. The Morgan fingerprint density at radius 3 is 2.42 bits per heavy atom. The van der Waals surface area contributed by atoms with Gasteiger partial charge in [-0.15, -0.1) is 11.3 Å². The maximum atomic E-state index is 14.1. The molecule has 0 saturated carbocycles. The first-order valence-corrected chi connectivity index (χ1v) is 11.4. The van der Waals surface area contributed by atoms with Crippen LogP contribution in [0.5, 0.6) is 5.75 Å². The molecule has 0 aliphatic heterocycles. The van der Waals surface area contributed by atoms with Crippen LogP contribution >= 0.6 is 11.3 Å². The van der Waals surface area contributed by atoms with E-state index in [0.717, 1.165) is 12.1 Å². The molecule has 0 atom stereocenters. The number of nitrogens with zero attached hydrogens (tertiary/aromatic N) is 1.